The maximum atomic E-state index is 9.55. The molecule has 0 aliphatic carbocycles. The van der Waals surface area contributed by atoms with Crippen LogP contribution in [-0.2, 0) is 0 Å². The van der Waals surface area contributed by atoms with Crippen LogP contribution in [0.2, 0.25) is 0 Å². The van der Waals surface area contributed by atoms with Gasteiger partial charge in [0.05, 0.1) is 11.8 Å². The summed E-state index contributed by atoms with van der Waals surface area (Å²) in [6.45, 7) is 3.46. The van der Waals surface area contributed by atoms with Crippen LogP contribution in [-0.4, -0.2) is 30.1 Å². The highest BCUT2D eigenvalue weighted by Crippen LogP contribution is 2.28. The molecule has 0 amide bonds. The van der Waals surface area contributed by atoms with Gasteiger partial charge in [-0.1, -0.05) is 12.1 Å². The van der Waals surface area contributed by atoms with E-state index in [4.69, 9.17) is 11.1 Å². The van der Waals surface area contributed by atoms with Gasteiger partial charge in [-0.05, 0) is 25.0 Å². The second-order valence-corrected chi connectivity index (χ2v) is 4.27. The van der Waals surface area contributed by atoms with Crippen molar-refractivity contribution < 1.29 is 5.11 Å². The maximum absolute atomic E-state index is 9.55. The lowest BCUT2D eigenvalue weighted by Crippen LogP contribution is -2.26. The average molecular weight is 219 g/mol. The second-order valence-electron chi connectivity index (χ2n) is 4.27. The van der Waals surface area contributed by atoms with Gasteiger partial charge in [-0.2, -0.15) is 0 Å². The highest BCUT2D eigenvalue weighted by Gasteiger charge is 2.24. The van der Waals surface area contributed by atoms with Gasteiger partial charge in [-0.3, -0.25) is 5.41 Å². The van der Waals surface area contributed by atoms with Crippen molar-refractivity contribution in [1.29, 1.82) is 5.41 Å². The van der Waals surface area contributed by atoms with Gasteiger partial charge < -0.3 is 15.7 Å². The first-order chi connectivity index (χ1) is 7.59. The van der Waals surface area contributed by atoms with Crippen LogP contribution in [0.3, 0.4) is 0 Å². The minimum Gasteiger partial charge on any atom is -0.391 e. The molecular weight excluding hydrogens is 202 g/mol. The van der Waals surface area contributed by atoms with Crippen LogP contribution in [0.5, 0.6) is 0 Å². The number of aliphatic hydroxyl groups excluding tert-OH is 1. The van der Waals surface area contributed by atoms with E-state index in [-0.39, 0.29) is 11.9 Å². The molecule has 16 heavy (non-hydrogen) atoms. The van der Waals surface area contributed by atoms with Gasteiger partial charge in [0.25, 0.3) is 0 Å². The Labute approximate surface area is 95.2 Å². The van der Waals surface area contributed by atoms with E-state index < -0.39 is 0 Å². The van der Waals surface area contributed by atoms with Gasteiger partial charge in [-0.15, -0.1) is 0 Å². The van der Waals surface area contributed by atoms with E-state index >= 15 is 0 Å². The van der Waals surface area contributed by atoms with Crippen molar-refractivity contribution in [3.8, 4) is 0 Å². The zero-order valence-electron chi connectivity index (χ0n) is 9.40. The lowest BCUT2D eigenvalue weighted by Gasteiger charge is -2.23. The van der Waals surface area contributed by atoms with Crippen molar-refractivity contribution in [2.24, 2.45) is 5.73 Å². The Bertz CT molecular complexity index is 417. The van der Waals surface area contributed by atoms with Gasteiger partial charge in [-0.25, -0.2) is 0 Å². The summed E-state index contributed by atoms with van der Waals surface area (Å²) in [7, 11) is 0. The molecule has 1 aliphatic heterocycles. The van der Waals surface area contributed by atoms with Crippen LogP contribution < -0.4 is 10.6 Å². The fraction of sp³-hybridized carbons (Fsp3) is 0.417. The Morgan fingerprint density at radius 1 is 1.56 bits per heavy atom. The number of hydrogen-bond donors (Lipinski definition) is 3. The molecule has 4 nitrogen and oxygen atoms in total. The fourth-order valence-electron chi connectivity index (χ4n) is 2.24. The molecule has 0 aromatic heterocycles. The molecule has 0 bridgehead atoms. The van der Waals surface area contributed by atoms with Crippen LogP contribution in [0.25, 0.3) is 0 Å². The van der Waals surface area contributed by atoms with E-state index in [1.165, 1.54) is 0 Å². The molecule has 0 saturated carbocycles. The third-order valence-corrected chi connectivity index (χ3v) is 3.01. The van der Waals surface area contributed by atoms with Crippen LogP contribution in [0.4, 0.5) is 5.69 Å². The van der Waals surface area contributed by atoms with E-state index in [1.807, 2.05) is 25.1 Å². The Morgan fingerprint density at radius 2 is 2.31 bits per heavy atom. The van der Waals surface area contributed by atoms with E-state index in [1.54, 1.807) is 0 Å². The quantitative estimate of drug-likeness (QED) is 0.510. The zero-order valence-corrected chi connectivity index (χ0v) is 9.40. The van der Waals surface area contributed by atoms with E-state index in [0.717, 1.165) is 29.8 Å². The number of para-hydroxylation sites is 1. The lowest BCUT2D eigenvalue weighted by atomic mass is 10.1. The minimum atomic E-state index is -0.264. The molecule has 1 aliphatic rings. The number of nitrogen functional groups attached to an aromatic ring is 1. The number of nitrogens with two attached hydrogens (primary N) is 1. The van der Waals surface area contributed by atoms with E-state index in [0.29, 0.717) is 6.54 Å². The number of nitrogens with zero attached hydrogens (tertiary/aromatic N) is 1. The fourth-order valence-corrected chi connectivity index (χ4v) is 2.24. The lowest BCUT2D eigenvalue weighted by molar-refractivity contribution is 0.198. The number of amidine groups is 1. The van der Waals surface area contributed by atoms with Gasteiger partial charge in [0, 0.05) is 18.7 Å². The summed E-state index contributed by atoms with van der Waals surface area (Å²) < 4.78 is 0. The van der Waals surface area contributed by atoms with Crippen molar-refractivity contribution >= 4 is 11.5 Å². The summed E-state index contributed by atoms with van der Waals surface area (Å²) in [5.74, 6) is 0.0834. The highest BCUT2D eigenvalue weighted by atomic mass is 16.3. The largest absolute Gasteiger partial charge is 0.391 e. The Morgan fingerprint density at radius 3 is 2.88 bits per heavy atom. The van der Waals surface area contributed by atoms with Crippen molar-refractivity contribution in [3.05, 3.63) is 29.3 Å². The molecule has 0 radical (unpaired) electrons. The number of aryl methyl sites for hydroxylation is 1. The molecule has 1 heterocycles. The van der Waals surface area contributed by atoms with Crippen molar-refractivity contribution in [1.82, 2.24) is 0 Å². The molecule has 1 unspecified atom stereocenters. The number of rotatable bonds is 2. The van der Waals surface area contributed by atoms with Crippen molar-refractivity contribution in [2.75, 3.05) is 18.0 Å². The summed E-state index contributed by atoms with van der Waals surface area (Å²) in [5, 5.41) is 17.1. The standard InChI is InChI=1S/C12H17N3O/c1-8-3-2-4-10(12(13)14)11(8)15-6-5-9(16)7-15/h2-4,9,16H,5-7H2,1H3,(H3,13,14). The van der Waals surface area contributed by atoms with Crippen LogP contribution in [0, 0.1) is 12.3 Å². The molecule has 4 heteroatoms. The molecule has 4 N–H and O–H groups in total. The van der Waals surface area contributed by atoms with Crippen LogP contribution in [0.15, 0.2) is 18.2 Å². The molecule has 86 valence electrons. The van der Waals surface area contributed by atoms with Gasteiger partial charge in [0.2, 0.25) is 0 Å². The smallest absolute Gasteiger partial charge is 0.124 e. The summed E-state index contributed by atoms with van der Waals surface area (Å²) in [5.41, 5.74) is 8.43. The monoisotopic (exact) mass is 219 g/mol. The molecular formula is C12H17N3O. The van der Waals surface area contributed by atoms with E-state index in [2.05, 4.69) is 4.90 Å². The maximum Gasteiger partial charge on any atom is 0.124 e. The Hall–Kier alpha value is -1.55. The molecule has 1 aromatic carbocycles. The SMILES string of the molecule is Cc1cccc(C(=N)N)c1N1CCC(O)C1. The molecule has 1 aromatic rings. The summed E-state index contributed by atoms with van der Waals surface area (Å²) >= 11 is 0. The predicted molar refractivity (Wildman–Crippen MR) is 65.0 cm³/mol. The Kier molecular flexibility index (Phi) is 2.83. The first-order valence-electron chi connectivity index (χ1n) is 5.46. The molecule has 1 fully saturated rings. The van der Waals surface area contributed by atoms with Crippen LogP contribution >= 0.6 is 0 Å². The molecule has 2 rings (SSSR count). The number of hydrogen-bond acceptors (Lipinski definition) is 3. The molecule has 1 atom stereocenters. The van der Waals surface area contributed by atoms with Crippen molar-refractivity contribution in [3.63, 3.8) is 0 Å². The second kappa shape index (κ2) is 4.14. The normalized spacial score (nSPS) is 20.1. The Balaban J connectivity index is 2.42. The predicted octanol–water partition coefficient (Wildman–Crippen LogP) is 0.850. The number of β-amino-alcohol motifs (C(OH)–C–C–N with tert-alkyl or cyclic N) is 1. The molecule has 1 saturated heterocycles. The summed E-state index contributed by atoms with van der Waals surface area (Å²) in [4.78, 5) is 2.11. The highest BCUT2D eigenvalue weighted by molar-refractivity contribution is 6.01. The number of benzene rings is 1. The average Bonchev–Trinajstić information content (AvgIpc) is 2.64. The van der Waals surface area contributed by atoms with Crippen LogP contribution in [0.1, 0.15) is 17.5 Å². The zero-order chi connectivity index (χ0) is 11.7. The number of nitrogens with one attached hydrogen (secondary N) is 1. The summed E-state index contributed by atoms with van der Waals surface area (Å²) in [6, 6.07) is 5.77. The van der Waals surface area contributed by atoms with Gasteiger partial charge in [0.1, 0.15) is 5.84 Å². The van der Waals surface area contributed by atoms with Gasteiger partial charge >= 0.3 is 0 Å². The number of aliphatic hydroxyl groups is 1. The molecule has 0 spiro atoms. The first-order valence-corrected chi connectivity index (χ1v) is 5.46. The number of anilines is 1. The van der Waals surface area contributed by atoms with E-state index in [9.17, 15) is 5.11 Å². The first kappa shape index (κ1) is 11.0. The third-order valence-electron chi connectivity index (χ3n) is 3.01. The minimum absolute atomic E-state index is 0.0834. The van der Waals surface area contributed by atoms with Crippen molar-refractivity contribution in [2.45, 2.75) is 19.4 Å². The topological polar surface area (TPSA) is 73.3 Å². The summed E-state index contributed by atoms with van der Waals surface area (Å²) in [6.07, 6.45) is 0.519. The third kappa shape index (κ3) is 1.88. The van der Waals surface area contributed by atoms with Gasteiger partial charge in [0.15, 0.2) is 0 Å².